The molecular weight excluding hydrogens is 262 g/mol. The Bertz CT molecular complexity index is 507. The molecule has 1 aromatic carbocycles. The molecule has 1 saturated heterocycles. The molecule has 1 aliphatic heterocycles. The Morgan fingerprint density at radius 1 is 1.24 bits per heavy atom. The van der Waals surface area contributed by atoms with E-state index in [2.05, 4.69) is 22.1 Å². The molecule has 1 fully saturated rings. The lowest BCUT2D eigenvalue weighted by molar-refractivity contribution is 0.0952. The summed E-state index contributed by atoms with van der Waals surface area (Å²) in [6.45, 7) is 4.57. The third-order valence-electron chi connectivity index (χ3n) is 3.62. The van der Waals surface area contributed by atoms with Gasteiger partial charge in [-0.2, -0.15) is 0 Å². The predicted octanol–water partition coefficient (Wildman–Crippen LogP) is 1.21. The van der Waals surface area contributed by atoms with E-state index < -0.39 is 0 Å². The van der Waals surface area contributed by atoms with Crippen LogP contribution < -0.4 is 11.1 Å². The van der Waals surface area contributed by atoms with Crippen molar-refractivity contribution in [3.05, 3.63) is 35.4 Å². The summed E-state index contributed by atoms with van der Waals surface area (Å²) in [5, 5.41) is 2.96. The molecule has 0 spiro atoms. The van der Waals surface area contributed by atoms with E-state index >= 15 is 0 Å². The molecule has 3 N–H and O–H groups in total. The summed E-state index contributed by atoms with van der Waals surface area (Å²) >= 11 is 0. The third-order valence-corrected chi connectivity index (χ3v) is 3.62. The summed E-state index contributed by atoms with van der Waals surface area (Å²) in [6, 6.07) is 7.30. The molecule has 0 saturated carbocycles. The van der Waals surface area contributed by atoms with Crippen LogP contribution in [-0.4, -0.2) is 43.5 Å². The maximum absolute atomic E-state index is 12.0. The molecular formula is C17H23N3O. The maximum atomic E-state index is 12.0. The third kappa shape index (κ3) is 5.22. The van der Waals surface area contributed by atoms with E-state index in [9.17, 15) is 4.79 Å². The summed E-state index contributed by atoms with van der Waals surface area (Å²) in [4.78, 5) is 14.4. The highest BCUT2D eigenvalue weighted by Crippen LogP contribution is 2.07. The summed E-state index contributed by atoms with van der Waals surface area (Å²) < 4.78 is 0. The number of carbonyl (C=O) groups is 1. The lowest BCUT2D eigenvalue weighted by Gasteiger charge is -2.14. The van der Waals surface area contributed by atoms with Crippen LogP contribution in [0, 0.1) is 11.8 Å². The van der Waals surface area contributed by atoms with Crippen molar-refractivity contribution in [3.8, 4) is 11.8 Å². The minimum Gasteiger partial charge on any atom is -0.352 e. The van der Waals surface area contributed by atoms with Crippen molar-refractivity contribution in [3.63, 3.8) is 0 Å². The summed E-state index contributed by atoms with van der Waals surface area (Å²) in [7, 11) is 0. The normalized spacial score (nSPS) is 14.5. The van der Waals surface area contributed by atoms with Gasteiger partial charge in [0.2, 0.25) is 0 Å². The highest BCUT2D eigenvalue weighted by atomic mass is 16.1. The van der Waals surface area contributed by atoms with Gasteiger partial charge >= 0.3 is 0 Å². The molecule has 1 heterocycles. The first-order valence-corrected chi connectivity index (χ1v) is 7.59. The van der Waals surface area contributed by atoms with Gasteiger partial charge in [-0.1, -0.05) is 11.8 Å². The zero-order chi connectivity index (χ0) is 14.9. The second-order valence-electron chi connectivity index (χ2n) is 5.24. The topological polar surface area (TPSA) is 58.4 Å². The molecule has 0 bridgehead atoms. The first kappa shape index (κ1) is 15.6. The van der Waals surface area contributed by atoms with Crippen LogP contribution in [0.15, 0.2) is 24.3 Å². The fourth-order valence-electron chi connectivity index (χ4n) is 2.47. The van der Waals surface area contributed by atoms with Gasteiger partial charge in [0.1, 0.15) is 0 Å². The lowest BCUT2D eigenvalue weighted by Crippen LogP contribution is -2.28. The van der Waals surface area contributed by atoms with Crippen LogP contribution >= 0.6 is 0 Å². The van der Waals surface area contributed by atoms with Crippen LogP contribution in [0.2, 0.25) is 0 Å². The van der Waals surface area contributed by atoms with Crippen molar-refractivity contribution in [2.24, 2.45) is 5.73 Å². The van der Waals surface area contributed by atoms with Crippen LogP contribution in [0.4, 0.5) is 0 Å². The van der Waals surface area contributed by atoms with Gasteiger partial charge in [0.25, 0.3) is 5.91 Å². The molecule has 4 heteroatoms. The quantitative estimate of drug-likeness (QED) is 0.631. The monoisotopic (exact) mass is 285 g/mol. The molecule has 112 valence electrons. The van der Waals surface area contributed by atoms with Crippen molar-refractivity contribution in [1.82, 2.24) is 10.2 Å². The largest absolute Gasteiger partial charge is 0.352 e. The Kier molecular flexibility index (Phi) is 6.26. The molecule has 21 heavy (non-hydrogen) atoms. The van der Waals surface area contributed by atoms with Crippen molar-refractivity contribution >= 4 is 5.91 Å². The molecule has 0 aromatic heterocycles. The maximum Gasteiger partial charge on any atom is 0.251 e. The zero-order valence-corrected chi connectivity index (χ0v) is 12.4. The van der Waals surface area contributed by atoms with Crippen LogP contribution in [0.1, 0.15) is 35.2 Å². The molecule has 1 aromatic rings. The lowest BCUT2D eigenvalue weighted by atomic mass is 10.1. The standard InChI is InChI=1S/C17H23N3O/c18-10-3-5-15-6-8-16(9-7-15)17(21)19-11-4-14-20-12-1-2-13-20/h6-9H,1-2,4,10-14,18H2,(H,19,21). The highest BCUT2D eigenvalue weighted by Gasteiger charge is 2.10. The Balaban J connectivity index is 1.72. The molecule has 0 atom stereocenters. The van der Waals surface area contributed by atoms with Crippen molar-refractivity contribution in [2.45, 2.75) is 19.3 Å². The summed E-state index contributed by atoms with van der Waals surface area (Å²) in [5.41, 5.74) is 6.88. The fourth-order valence-corrected chi connectivity index (χ4v) is 2.47. The number of nitrogens with zero attached hydrogens (tertiary/aromatic N) is 1. The second kappa shape index (κ2) is 8.46. The van der Waals surface area contributed by atoms with E-state index in [4.69, 9.17) is 5.73 Å². The summed E-state index contributed by atoms with van der Waals surface area (Å²) in [5.74, 6) is 5.72. The first-order valence-electron chi connectivity index (χ1n) is 7.59. The van der Waals surface area contributed by atoms with Crippen molar-refractivity contribution in [1.29, 1.82) is 0 Å². The minimum atomic E-state index is -0.0187. The highest BCUT2D eigenvalue weighted by molar-refractivity contribution is 5.94. The molecule has 4 nitrogen and oxygen atoms in total. The molecule has 0 unspecified atom stereocenters. The predicted molar refractivity (Wildman–Crippen MR) is 85.0 cm³/mol. The van der Waals surface area contributed by atoms with Gasteiger partial charge in [-0.15, -0.1) is 0 Å². The molecule has 1 amide bonds. The number of nitrogens with one attached hydrogen (secondary N) is 1. The van der Waals surface area contributed by atoms with Gasteiger partial charge in [-0.3, -0.25) is 4.79 Å². The number of carbonyl (C=O) groups excluding carboxylic acids is 1. The molecule has 0 aliphatic carbocycles. The first-order chi connectivity index (χ1) is 10.3. The Labute approximate surface area is 126 Å². The summed E-state index contributed by atoms with van der Waals surface area (Å²) in [6.07, 6.45) is 3.63. The average Bonchev–Trinajstić information content (AvgIpc) is 3.03. The van der Waals surface area contributed by atoms with Crippen molar-refractivity contribution < 1.29 is 4.79 Å². The number of amides is 1. The van der Waals surface area contributed by atoms with Gasteiger partial charge in [-0.25, -0.2) is 0 Å². The smallest absolute Gasteiger partial charge is 0.251 e. The van der Waals surface area contributed by atoms with E-state index in [-0.39, 0.29) is 5.91 Å². The zero-order valence-electron chi connectivity index (χ0n) is 12.4. The number of likely N-dealkylation sites (tertiary alicyclic amines) is 1. The van der Waals surface area contributed by atoms with Crippen LogP contribution in [0.25, 0.3) is 0 Å². The Hall–Kier alpha value is -1.83. The van der Waals surface area contributed by atoms with Gasteiger partial charge in [-0.05, 0) is 63.2 Å². The Morgan fingerprint density at radius 2 is 1.95 bits per heavy atom. The van der Waals surface area contributed by atoms with Gasteiger partial charge < -0.3 is 16.0 Å². The van der Waals surface area contributed by atoms with Gasteiger partial charge in [0.05, 0.1) is 6.54 Å². The van der Waals surface area contributed by atoms with Crippen LogP contribution in [0.3, 0.4) is 0 Å². The Morgan fingerprint density at radius 3 is 2.62 bits per heavy atom. The molecule has 0 radical (unpaired) electrons. The number of hydrogen-bond donors (Lipinski definition) is 2. The van der Waals surface area contributed by atoms with Crippen LogP contribution in [-0.2, 0) is 0 Å². The molecule has 1 aliphatic rings. The van der Waals surface area contributed by atoms with Crippen molar-refractivity contribution in [2.75, 3.05) is 32.7 Å². The minimum absolute atomic E-state index is 0.0187. The second-order valence-corrected chi connectivity index (χ2v) is 5.24. The van der Waals surface area contributed by atoms with E-state index in [0.717, 1.165) is 25.1 Å². The van der Waals surface area contributed by atoms with Crippen LogP contribution in [0.5, 0.6) is 0 Å². The van der Waals surface area contributed by atoms with E-state index in [1.165, 1.54) is 25.9 Å². The van der Waals surface area contributed by atoms with E-state index in [1.54, 1.807) is 12.1 Å². The number of benzene rings is 1. The molecule has 2 rings (SSSR count). The average molecular weight is 285 g/mol. The van der Waals surface area contributed by atoms with Gasteiger partial charge in [0, 0.05) is 17.7 Å². The van der Waals surface area contributed by atoms with Gasteiger partial charge in [0.15, 0.2) is 0 Å². The number of rotatable bonds is 5. The number of hydrogen-bond acceptors (Lipinski definition) is 3. The van der Waals surface area contributed by atoms with E-state index in [1.807, 2.05) is 12.1 Å². The SMILES string of the molecule is NCC#Cc1ccc(C(=O)NCCCN2CCCC2)cc1. The number of nitrogens with two attached hydrogens (primary N) is 1. The van der Waals surface area contributed by atoms with E-state index in [0.29, 0.717) is 12.1 Å². The fraction of sp³-hybridized carbons (Fsp3) is 0.471.